The zero-order valence-corrected chi connectivity index (χ0v) is 21.6. The summed E-state index contributed by atoms with van der Waals surface area (Å²) in [7, 11) is 0. The maximum absolute atomic E-state index is 14.9. The van der Waals surface area contributed by atoms with E-state index in [2.05, 4.69) is 74.5 Å². The van der Waals surface area contributed by atoms with E-state index in [0.29, 0.717) is 17.4 Å². The molecule has 2 heteroatoms. The average Bonchev–Trinajstić information content (AvgIpc) is 2.93. The van der Waals surface area contributed by atoms with Crippen LogP contribution in [0.1, 0.15) is 86.1 Å². The second-order valence-electron chi connectivity index (χ2n) is 10.4. The molecule has 0 N–H and O–H groups in total. The number of benzene rings is 3. The van der Waals surface area contributed by atoms with E-state index >= 15 is 0 Å². The van der Waals surface area contributed by atoms with E-state index in [9.17, 15) is 8.78 Å². The predicted octanol–water partition coefficient (Wildman–Crippen LogP) is 10.4. The Labute approximate surface area is 215 Å². The van der Waals surface area contributed by atoms with Crippen LogP contribution >= 0.6 is 0 Å². The molecule has 0 radical (unpaired) electrons. The maximum atomic E-state index is 14.9. The van der Waals surface area contributed by atoms with Crippen LogP contribution in [0.2, 0.25) is 0 Å². The molecule has 0 unspecified atom stereocenters. The van der Waals surface area contributed by atoms with Crippen molar-refractivity contribution in [1.82, 2.24) is 0 Å². The van der Waals surface area contributed by atoms with Gasteiger partial charge >= 0.3 is 0 Å². The largest absolute Gasteiger partial charge is 0.208 e. The van der Waals surface area contributed by atoms with E-state index in [1.807, 2.05) is 18.2 Å². The van der Waals surface area contributed by atoms with Crippen LogP contribution in [0, 0.1) is 11.8 Å². The average molecular weight is 485 g/mol. The van der Waals surface area contributed by atoms with Crippen LogP contribution in [0.4, 0.5) is 8.78 Å². The third-order valence-corrected chi connectivity index (χ3v) is 7.63. The van der Waals surface area contributed by atoms with Crippen LogP contribution in [0.3, 0.4) is 0 Å². The van der Waals surface area contributed by atoms with Crippen LogP contribution in [0.5, 0.6) is 0 Å². The minimum atomic E-state index is -0.690. The summed E-state index contributed by atoms with van der Waals surface area (Å²) in [5.41, 5.74) is 5.09. The highest BCUT2D eigenvalue weighted by Gasteiger charge is 2.26. The molecule has 0 aliphatic heterocycles. The molecule has 0 spiro atoms. The fraction of sp³-hybridized carbons (Fsp3) is 0.353. The standard InChI is InChI=1S/C34H38F2/c1-3-7-26-16-20-31(21-17-26)33(35)34(36)32-22-18-28(19-23-32)11-10-27-12-14-29(15-13-27)24-25(2)30-8-5-4-6-9-30/h4-6,8-15,18-19,22-23,25-26,31H,3,7,16-17,20-21,24H2,1-2H3/t25-,26?,31?/m0/s1. The van der Waals surface area contributed by atoms with E-state index in [1.54, 1.807) is 12.1 Å². The molecule has 0 heterocycles. The lowest BCUT2D eigenvalue weighted by atomic mass is 9.79. The monoisotopic (exact) mass is 484 g/mol. The lowest BCUT2D eigenvalue weighted by molar-refractivity contribution is 0.261. The zero-order chi connectivity index (χ0) is 25.3. The first-order valence-electron chi connectivity index (χ1n) is 13.5. The topological polar surface area (TPSA) is 0 Å². The number of halogens is 2. The molecule has 0 nitrogen and oxygen atoms in total. The van der Waals surface area contributed by atoms with E-state index < -0.39 is 11.7 Å². The highest BCUT2D eigenvalue weighted by atomic mass is 19.2. The fourth-order valence-corrected chi connectivity index (χ4v) is 5.38. The van der Waals surface area contributed by atoms with Gasteiger partial charge in [0.1, 0.15) is 5.83 Å². The van der Waals surface area contributed by atoms with Crippen LogP contribution in [-0.4, -0.2) is 0 Å². The van der Waals surface area contributed by atoms with Gasteiger partial charge in [0.25, 0.3) is 0 Å². The highest BCUT2D eigenvalue weighted by molar-refractivity contribution is 5.71. The Morgan fingerprint density at radius 3 is 1.97 bits per heavy atom. The van der Waals surface area contributed by atoms with Gasteiger partial charge in [-0.05, 0) is 66.2 Å². The maximum Gasteiger partial charge on any atom is 0.162 e. The Hall–Kier alpha value is -3.00. The van der Waals surface area contributed by atoms with Gasteiger partial charge in [-0.2, -0.15) is 0 Å². The third-order valence-electron chi connectivity index (χ3n) is 7.63. The number of rotatable bonds is 9. The Morgan fingerprint density at radius 1 is 0.806 bits per heavy atom. The molecule has 188 valence electrons. The SMILES string of the molecule is CCCC1CCC(C(F)=C(F)c2ccc(C=Cc3ccc(C[C@H](C)c4ccccc4)cc3)cc2)CC1. The lowest BCUT2D eigenvalue weighted by Crippen LogP contribution is -2.15. The minimum absolute atomic E-state index is 0.267. The van der Waals surface area contributed by atoms with Gasteiger partial charge in [-0.1, -0.05) is 118 Å². The van der Waals surface area contributed by atoms with Crippen molar-refractivity contribution in [2.75, 3.05) is 0 Å². The summed E-state index contributed by atoms with van der Waals surface area (Å²) in [4.78, 5) is 0. The smallest absolute Gasteiger partial charge is 0.162 e. The van der Waals surface area contributed by atoms with Crippen LogP contribution in [-0.2, 0) is 6.42 Å². The van der Waals surface area contributed by atoms with Crippen molar-refractivity contribution >= 4 is 18.0 Å². The van der Waals surface area contributed by atoms with Gasteiger partial charge in [0.05, 0.1) is 0 Å². The predicted molar refractivity (Wildman–Crippen MR) is 150 cm³/mol. The number of hydrogen-bond donors (Lipinski definition) is 0. The first-order chi connectivity index (χ1) is 17.5. The van der Waals surface area contributed by atoms with Gasteiger partial charge in [-0.15, -0.1) is 0 Å². The van der Waals surface area contributed by atoms with Crippen molar-refractivity contribution in [3.63, 3.8) is 0 Å². The van der Waals surface area contributed by atoms with Crippen molar-refractivity contribution in [1.29, 1.82) is 0 Å². The van der Waals surface area contributed by atoms with Crippen LogP contribution in [0.25, 0.3) is 18.0 Å². The van der Waals surface area contributed by atoms with Crippen LogP contribution < -0.4 is 0 Å². The zero-order valence-electron chi connectivity index (χ0n) is 21.6. The van der Waals surface area contributed by atoms with Crippen molar-refractivity contribution in [3.05, 3.63) is 113 Å². The van der Waals surface area contributed by atoms with Gasteiger partial charge in [0.15, 0.2) is 5.83 Å². The fourth-order valence-electron chi connectivity index (χ4n) is 5.38. The van der Waals surface area contributed by atoms with Crippen molar-refractivity contribution in [3.8, 4) is 0 Å². The lowest BCUT2D eigenvalue weighted by Gasteiger charge is -2.27. The number of hydrogen-bond acceptors (Lipinski definition) is 0. The minimum Gasteiger partial charge on any atom is -0.208 e. The first-order valence-corrected chi connectivity index (χ1v) is 13.5. The van der Waals surface area contributed by atoms with Gasteiger partial charge < -0.3 is 0 Å². The molecule has 4 rings (SSSR count). The van der Waals surface area contributed by atoms with Crippen molar-refractivity contribution in [2.24, 2.45) is 11.8 Å². The molecule has 1 aliphatic carbocycles. The first kappa shape index (κ1) is 26.1. The van der Waals surface area contributed by atoms with E-state index in [0.717, 1.165) is 43.2 Å². The Balaban J connectivity index is 1.33. The molecule has 1 atom stereocenters. The molecule has 1 fully saturated rings. The van der Waals surface area contributed by atoms with Gasteiger partial charge in [-0.3, -0.25) is 0 Å². The summed E-state index contributed by atoms with van der Waals surface area (Å²) < 4.78 is 29.7. The quantitative estimate of drug-likeness (QED) is 0.265. The highest BCUT2D eigenvalue weighted by Crippen LogP contribution is 2.39. The third kappa shape index (κ3) is 7.03. The molecule has 0 aromatic heterocycles. The van der Waals surface area contributed by atoms with Gasteiger partial charge in [0, 0.05) is 11.5 Å². The summed E-state index contributed by atoms with van der Waals surface area (Å²) in [6, 6.07) is 26.3. The molecule has 0 saturated heterocycles. The molecule has 3 aromatic rings. The normalized spacial score (nSPS) is 19.8. The summed E-state index contributed by atoms with van der Waals surface area (Å²) in [5.74, 6) is -0.361. The van der Waals surface area contributed by atoms with Gasteiger partial charge in [-0.25, -0.2) is 8.78 Å². The van der Waals surface area contributed by atoms with Crippen molar-refractivity contribution in [2.45, 2.75) is 64.7 Å². The molecule has 0 amide bonds. The second-order valence-corrected chi connectivity index (χ2v) is 10.4. The summed E-state index contributed by atoms with van der Waals surface area (Å²) in [6.07, 6.45) is 11.0. The summed E-state index contributed by atoms with van der Waals surface area (Å²) in [5, 5.41) is 0. The number of allylic oxidation sites excluding steroid dienone is 1. The summed E-state index contributed by atoms with van der Waals surface area (Å²) in [6.45, 7) is 4.45. The van der Waals surface area contributed by atoms with Gasteiger partial charge in [0.2, 0.25) is 0 Å². The Kier molecular flexibility index (Phi) is 9.28. The van der Waals surface area contributed by atoms with Crippen molar-refractivity contribution < 1.29 is 8.78 Å². The van der Waals surface area contributed by atoms with Crippen LogP contribution in [0.15, 0.2) is 84.7 Å². The molecular weight excluding hydrogens is 446 g/mol. The molecular formula is C34H38F2. The van der Waals surface area contributed by atoms with E-state index in [1.165, 1.54) is 24.0 Å². The second kappa shape index (κ2) is 12.8. The molecule has 36 heavy (non-hydrogen) atoms. The Morgan fingerprint density at radius 2 is 1.39 bits per heavy atom. The van der Waals surface area contributed by atoms with E-state index in [-0.39, 0.29) is 5.92 Å². The summed E-state index contributed by atoms with van der Waals surface area (Å²) >= 11 is 0. The molecule has 0 bridgehead atoms. The Bertz CT molecular complexity index is 1130. The molecule has 1 aliphatic rings. The molecule has 1 saturated carbocycles. The van der Waals surface area contributed by atoms with E-state index in [4.69, 9.17) is 0 Å². The molecule has 3 aromatic carbocycles.